The predicted molar refractivity (Wildman–Crippen MR) is 132 cm³/mol. The SMILES string of the molecule is CC(C)C[C@H](NC(=O)c1ccc(CS(=O)(=O)CN[C@H]2CCC(=O)N2)cc1-c1ccccc1)C(=O)O. The average molecular weight is 502 g/mol. The molecule has 3 rings (SSSR count). The van der Waals surface area contributed by atoms with Gasteiger partial charge in [0.2, 0.25) is 5.91 Å². The third-order valence-corrected chi connectivity index (χ3v) is 7.04. The van der Waals surface area contributed by atoms with Crippen LogP contribution in [0.5, 0.6) is 0 Å². The highest BCUT2D eigenvalue weighted by molar-refractivity contribution is 7.90. The maximum absolute atomic E-state index is 13.1. The number of carboxylic acid groups (broad SMARTS) is 1. The van der Waals surface area contributed by atoms with Crippen molar-refractivity contribution in [2.75, 3.05) is 5.88 Å². The number of hydrogen-bond acceptors (Lipinski definition) is 6. The first kappa shape index (κ1) is 26.4. The largest absolute Gasteiger partial charge is 0.480 e. The normalized spacial score (nSPS) is 16.7. The summed E-state index contributed by atoms with van der Waals surface area (Å²) in [6.45, 7) is 3.75. The fraction of sp³-hybridized carbons (Fsp3) is 0.400. The summed E-state index contributed by atoms with van der Waals surface area (Å²) in [6.07, 6.45) is 0.815. The van der Waals surface area contributed by atoms with Gasteiger partial charge in [-0.05, 0) is 47.6 Å². The van der Waals surface area contributed by atoms with E-state index in [4.69, 9.17) is 0 Å². The zero-order valence-corrected chi connectivity index (χ0v) is 20.6. The first-order valence-corrected chi connectivity index (χ1v) is 13.3. The standard InChI is InChI=1S/C25H31N3O6S/c1-16(2)12-21(25(31)32)27-24(30)19-9-8-17(13-20(19)18-6-4-3-5-7-18)14-35(33,34)15-26-22-10-11-23(29)28-22/h3-9,13,16,21-22,26H,10-12,14-15H2,1-2H3,(H,27,30)(H,28,29)(H,31,32)/t21-,22+/m0/s1. The summed E-state index contributed by atoms with van der Waals surface area (Å²) in [5.74, 6) is -2.24. The molecule has 0 unspecified atom stereocenters. The number of carbonyl (C=O) groups is 3. The Hall–Kier alpha value is -3.24. The van der Waals surface area contributed by atoms with Crippen LogP contribution in [0.1, 0.15) is 49.0 Å². The first-order chi connectivity index (χ1) is 16.5. The molecule has 2 amide bonds. The fourth-order valence-electron chi connectivity index (χ4n) is 3.96. The Kier molecular flexibility index (Phi) is 8.63. The second-order valence-corrected chi connectivity index (χ2v) is 11.2. The molecule has 4 N–H and O–H groups in total. The van der Waals surface area contributed by atoms with Gasteiger partial charge in [0.25, 0.3) is 5.91 Å². The molecule has 10 heteroatoms. The molecular formula is C25H31N3O6S. The van der Waals surface area contributed by atoms with Gasteiger partial charge in [-0.25, -0.2) is 13.2 Å². The van der Waals surface area contributed by atoms with Gasteiger partial charge in [0, 0.05) is 12.0 Å². The number of carboxylic acids is 1. The third-order valence-electron chi connectivity index (χ3n) is 5.66. The summed E-state index contributed by atoms with van der Waals surface area (Å²) in [4.78, 5) is 36.0. The van der Waals surface area contributed by atoms with Crippen LogP contribution in [-0.4, -0.2) is 49.4 Å². The van der Waals surface area contributed by atoms with Crippen LogP contribution in [0.25, 0.3) is 11.1 Å². The smallest absolute Gasteiger partial charge is 0.326 e. The van der Waals surface area contributed by atoms with E-state index in [1.165, 1.54) is 6.07 Å². The van der Waals surface area contributed by atoms with Gasteiger partial charge in [-0.1, -0.05) is 50.2 Å². The van der Waals surface area contributed by atoms with E-state index in [9.17, 15) is 27.9 Å². The van der Waals surface area contributed by atoms with Crippen LogP contribution in [0, 0.1) is 5.92 Å². The molecule has 35 heavy (non-hydrogen) atoms. The summed E-state index contributed by atoms with van der Waals surface area (Å²) in [6, 6.07) is 12.8. The molecule has 0 spiro atoms. The van der Waals surface area contributed by atoms with Crippen molar-refractivity contribution in [2.45, 2.75) is 51.1 Å². The number of amides is 2. The summed E-state index contributed by atoms with van der Waals surface area (Å²) >= 11 is 0. The Morgan fingerprint density at radius 1 is 1.14 bits per heavy atom. The highest BCUT2D eigenvalue weighted by Crippen LogP contribution is 2.26. The molecule has 0 saturated carbocycles. The third kappa shape index (κ3) is 7.63. The predicted octanol–water partition coefficient (Wildman–Crippen LogP) is 2.28. The van der Waals surface area contributed by atoms with E-state index >= 15 is 0 Å². The minimum Gasteiger partial charge on any atom is -0.480 e. The molecule has 0 bridgehead atoms. The van der Waals surface area contributed by atoms with E-state index in [1.54, 1.807) is 36.4 Å². The van der Waals surface area contributed by atoms with Crippen molar-refractivity contribution in [3.63, 3.8) is 0 Å². The van der Waals surface area contributed by atoms with Crippen molar-refractivity contribution in [2.24, 2.45) is 5.92 Å². The van der Waals surface area contributed by atoms with E-state index in [0.29, 0.717) is 29.5 Å². The molecule has 2 aromatic carbocycles. The van der Waals surface area contributed by atoms with Crippen LogP contribution < -0.4 is 16.0 Å². The molecule has 188 valence electrons. The zero-order valence-electron chi connectivity index (χ0n) is 19.8. The highest BCUT2D eigenvalue weighted by Gasteiger charge is 2.25. The van der Waals surface area contributed by atoms with Crippen molar-refractivity contribution in [3.05, 3.63) is 59.7 Å². The summed E-state index contributed by atoms with van der Waals surface area (Å²) in [5.41, 5.74) is 1.98. The molecular weight excluding hydrogens is 470 g/mol. The number of rotatable bonds is 11. The zero-order chi connectivity index (χ0) is 25.6. The van der Waals surface area contributed by atoms with Crippen LogP contribution in [-0.2, 0) is 25.2 Å². The molecule has 0 aliphatic carbocycles. The lowest BCUT2D eigenvalue weighted by Gasteiger charge is -2.18. The van der Waals surface area contributed by atoms with Crippen molar-refractivity contribution in [1.29, 1.82) is 0 Å². The minimum atomic E-state index is -3.56. The van der Waals surface area contributed by atoms with Gasteiger partial charge in [0.15, 0.2) is 9.84 Å². The van der Waals surface area contributed by atoms with Gasteiger partial charge in [0.1, 0.15) is 11.9 Å². The van der Waals surface area contributed by atoms with Crippen LogP contribution >= 0.6 is 0 Å². The fourth-order valence-corrected chi connectivity index (χ4v) is 5.21. The Morgan fingerprint density at radius 3 is 2.46 bits per heavy atom. The van der Waals surface area contributed by atoms with Crippen LogP contribution in [0.3, 0.4) is 0 Å². The van der Waals surface area contributed by atoms with E-state index in [-0.39, 0.29) is 41.6 Å². The van der Waals surface area contributed by atoms with E-state index in [0.717, 1.165) is 0 Å². The molecule has 9 nitrogen and oxygen atoms in total. The van der Waals surface area contributed by atoms with Crippen LogP contribution in [0.4, 0.5) is 0 Å². The average Bonchev–Trinajstić information content (AvgIpc) is 3.22. The molecule has 1 aliphatic rings. The molecule has 0 aromatic heterocycles. The number of carbonyl (C=O) groups excluding carboxylic acids is 2. The first-order valence-electron chi connectivity index (χ1n) is 11.5. The van der Waals surface area contributed by atoms with Gasteiger partial charge >= 0.3 is 5.97 Å². The molecule has 0 radical (unpaired) electrons. The van der Waals surface area contributed by atoms with Gasteiger partial charge in [-0.2, -0.15) is 0 Å². The van der Waals surface area contributed by atoms with E-state index in [1.807, 2.05) is 19.9 Å². The minimum absolute atomic E-state index is 0.0729. The molecule has 2 atom stereocenters. The van der Waals surface area contributed by atoms with Crippen molar-refractivity contribution < 1.29 is 27.9 Å². The van der Waals surface area contributed by atoms with Gasteiger partial charge in [0.05, 0.1) is 11.9 Å². The Morgan fingerprint density at radius 2 is 1.86 bits per heavy atom. The summed E-state index contributed by atoms with van der Waals surface area (Å²) < 4.78 is 25.4. The molecule has 2 aromatic rings. The lowest BCUT2D eigenvalue weighted by atomic mass is 9.96. The van der Waals surface area contributed by atoms with Gasteiger partial charge in [-0.15, -0.1) is 0 Å². The highest BCUT2D eigenvalue weighted by atomic mass is 32.2. The number of nitrogens with one attached hydrogen (secondary N) is 3. The van der Waals surface area contributed by atoms with Crippen molar-refractivity contribution in [3.8, 4) is 11.1 Å². The second kappa shape index (κ2) is 11.5. The van der Waals surface area contributed by atoms with E-state index in [2.05, 4.69) is 16.0 Å². The maximum Gasteiger partial charge on any atom is 0.326 e. The lowest BCUT2D eigenvalue weighted by molar-refractivity contribution is -0.139. The second-order valence-electron chi connectivity index (χ2n) is 9.13. The van der Waals surface area contributed by atoms with E-state index < -0.39 is 27.8 Å². The van der Waals surface area contributed by atoms with Crippen molar-refractivity contribution >= 4 is 27.6 Å². The van der Waals surface area contributed by atoms with Gasteiger partial charge in [-0.3, -0.25) is 14.9 Å². The number of aliphatic carboxylic acids is 1. The molecule has 1 saturated heterocycles. The van der Waals surface area contributed by atoms with Crippen LogP contribution in [0.2, 0.25) is 0 Å². The molecule has 1 aliphatic heterocycles. The van der Waals surface area contributed by atoms with Crippen LogP contribution in [0.15, 0.2) is 48.5 Å². The Labute approximate surface area is 205 Å². The number of benzene rings is 2. The maximum atomic E-state index is 13.1. The summed E-state index contributed by atoms with van der Waals surface area (Å²) in [7, 11) is -3.56. The lowest BCUT2D eigenvalue weighted by Crippen LogP contribution is -2.42. The quantitative estimate of drug-likeness (QED) is 0.370. The molecule has 1 heterocycles. The molecule has 1 fully saturated rings. The topological polar surface area (TPSA) is 142 Å². The van der Waals surface area contributed by atoms with Crippen molar-refractivity contribution in [1.82, 2.24) is 16.0 Å². The number of hydrogen-bond donors (Lipinski definition) is 4. The monoisotopic (exact) mass is 501 g/mol. The summed E-state index contributed by atoms with van der Waals surface area (Å²) in [5, 5.41) is 17.6. The number of sulfone groups is 1. The van der Waals surface area contributed by atoms with Gasteiger partial charge < -0.3 is 15.7 Å². The Balaban J connectivity index is 1.83. The Bertz CT molecular complexity index is 1180.